The molecule has 1 saturated heterocycles. The van der Waals surface area contributed by atoms with E-state index in [1.165, 1.54) is 18.2 Å². The summed E-state index contributed by atoms with van der Waals surface area (Å²) < 4.78 is 11.4. The summed E-state index contributed by atoms with van der Waals surface area (Å²) in [5.41, 5.74) is 4.10. The van der Waals surface area contributed by atoms with E-state index in [1.807, 2.05) is 0 Å². The maximum atomic E-state index is 12.7. The number of carbonyl (C=O) groups excluding carboxylic acids is 3. The number of halogens is 1. The Balaban J connectivity index is 1.60. The lowest BCUT2D eigenvalue weighted by atomic mass is 10.1. The summed E-state index contributed by atoms with van der Waals surface area (Å²) in [7, 11) is 1.31. The van der Waals surface area contributed by atoms with E-state index in [9.17, 15) is 14.4 Å². The molecule has 2 aromatic carbocycles. The van der Waals surface area contributed by atoms with Gasteiger partial charge in [-0.15, -0.1) is 0 Å². The Kier molecular flexibility index (Phi) is 5.24. The third-order valence-electron chi connectivity index (χ3n) is 4.46. The van der Waals surface area contributed by atoms with Gasteiger partial charge in [-0.1, -0.05) is 28.1 Å². The molecule has 0 unspecified atom stereocenters. The quantitative estimate of drug-likeness (QED) is 0.357. The van der Waals surface area contributed by atoms with Crippen molar-refractivity contribution in [1.82, 2.24) is 5.43 Å². The number of hydrogen-bond acceptors (Lipinski definition) is 5. The predicted molar refractivity (Wildman–Crippen MR) is 113 cm³/mol. The summed E-state index contributed by atoms with van der Waals surface area (Å²) in [6.45, 7) is 0. The van der Waals surface area contributed by atoms with Crippen LogP contribution in [-0.4, -0.2) is 24.9 Å². The van der Waals surface area contributed by atoms with Gasteiger partial charge in [0.2, 0.25) is 0 Å². The lowest BCUT2D eigenvalue weighted by molar-refractivity contribution is -0.117. The van der Waals surface area contributed by atoms with Crippen LogP contribution in [0.1, 0.15) is 16.1 Å². The van der Waals surface area contributed by atoms with Gasteiger partial charge in [-0.25, -0.2) is 9.80 Å². The van der Waals surface area contributed by atoms with E-state index in [1.54, 1.807) is 60.7 Å². The minimum absolute atomic E-state index is 0.0397. The Bertz CT molecular complexity index is 1180. The fourth-order valence-corrected chi connectivity index (χ4v) is 3.24. The van der Waals surface area contributed by atoms with Crippen molar-refractivity contribution in [2.45, 2.75) is 0 Å². The molecular formula is C22H15BrN2O5. The van der Waals surface area contributed by atoms with Crippen molar-refractivity contribution < 1.29 is 23.5 Å². The molecule has 0 atom stereocenters. The van der Waals surface area contributed by atoms with Crippen molar-refractivity contribution in [2.24, 2.45) is 0 Å². The average molecular weight is 467 g/mol. The lowest BCUT2D eigenvalue weighted by Crippen LogP contribution is -2.35. The van der Waals surface area contributed by atoms with E-state index < -0.39 is 17.8 Å². The largest absolute Gasteiger partial charge is 0.465 e. The first-order chi connectivity index (χ1) is 14.5. The zero-order valence-electron chi connectivity index (χ0n) is 15.7. The van der Waals surface area contributed by atoms with Gasteiger partial charge in [0.05, 0.1) is 18.4 Å². The van der Waals surface area contributed by atoms with Gasteiger partial charge in [0, 0.05) is 10.0 Å². The molecule has 1 fully saturated rings. The number of furan rings is 1. The van der Waals surface area contributed by atoms with E-state index in [0.29, 0.717) is 28.3 Å². The van der Waals surface area contributed by atoms with Gasteiger partial charge in [0.15, 0.2) is 0 Å². The number of hydrazine groups is 1. The highest BCUT2D eigenvalue weighted by atomic mass is 79.9. The average Bonchev–Trinajstić information content (AvgIpc) is 3.34. The van der Waals surface area contributed by atoms with E-state index >= 15 is 0 Å². The maximum absolute atomic E-state index is 12.7. The predicted octanol–water partition coefficient (Wildman–Crippen LogP) is 3.96. The van der Waals surface area contributed by atoms with Crippen molar-refractivity contribution in [1.29, 1.82) is 0 Å². The number of rotatable bonds is 4. The number of anilines is 1. The van der Waals surface area contributed by atoms with Crippen LogP contribution in [0.15, 0.2) is 75.1 Å². The molecule has 150 valence electrons. The van der Waals surface area contributed by atoms with Crippen molar-refractivity contribution in [3.8, 4) is 11.3 Å². The van der Waals surface area contributed by atoms with Crippen LogP contribution in [0.2, 0.25) is 0 Å². The molecule has 7 nitrogen and oxygen atoms in total. The zero-order chi connectivity index (χ0) is 21.3. The first-order valence-electron chi connectivity index (χ1n) is 8.87. The van der Waals surface area contributed by atoms with Crippen LogP contribution >= 0.6 is 15.9 Å². The van der Waals surface area contributed by atoms with E-state index in [0.717, 1.165) is 4.47 Å². The fourth-order valence-electron chi connectivity index (χ4n) is 2.97. The summed E-state index contributed by atoms with van der Waals surface area (Å²) in [4.78, 5) is 36.7. The second kappa shape index (κ2) is 8.00. The second-order valence-electron chi connectivity index (χ2n) is 6.39. The number of nitrogens with one attached hydrogen (secondary N) is 1. The highest BCUT2D eigenvalue weighted by Gasteiger charge is 2.34. The van der Waals surface area contributed by atoms with Gasteiger partial charge >= 0.3 is 5.97 Å². The van der Waals surface area contributed by atoms with Crippen molar-refractivity contribution >= 4 is 45.5 Å². The Hall–Kier alpha value is -3.65. The van der Waals surface area contributed by atoms with Gasteiger partial charge in [-0.05, 0) is 54.6 Å². The molecule has 0 saturated carbocycles. The summed E-state index contributed by atoms with van der Waals surface area (Å²) in [5.74, 6) is -0.624. The summed E-state index contributed by atoms with van der Waals surface area (Å²) in [6, 6.07) is 17.1. The second-order valence-corrected chi connectivity index (χ2v) is 7.31. The first-order valence-corrected chi connectivity index (χ1v) is 9.67. The van der Waals surface area contributed by atoms with Crippen LogP contribution < -0.4 is 10.4 Å². The molecule has 0 spiro atoms. The monoisotopic (exact) mass is 466 g/mol. The minimum Gasteiger partial charge on any atom is -0.465 e. The van der Waals surface area contributed by atoms with Crippen molar-refractivity contribution in [2.75, 3.05) is 12.1 Å². The summed E-state index contributed by atoms with van der Waals surface area (Å²) in [5, 5.41) is 1.18. The Morgan fingerprint density at radius 1 is 1.10 bits per heavy atom. The number of hydrogen-bond donors (Lipinski definition) is 1. The van der Waals surface area contributed by atoms with Crippen LogP contribution in [-0.2, 0) is 14.3 Å². The summed E-state index contributed by atoms with van der Waals surface area (Å²) >= 11 is 3.33. The Morgan fingerprint density at radius 2 is 1.87 bits per heavy atom. The molecule has 0 radical (unpaired) electrons. The SMILES string of the molecule is COC(=O)c1cccc(-c2ccc(C=C3C(=O)NN(c4ccc(Br)cc4)C3=O)o2)c1. The zero-order valence-corrected chi connectivity index (χ0v) is 17.3. The number of methoxy groups -OCH3 is 1. The normalized spacial score (nSPS) is 14.9. The number of benzene rings is 2. The topological polar surface area (TPSA) is 88.9 Å². The lowest BCUT2D eigenvalue weighted by Gasteiger charge is -2.14. The maximum Gasteiger partial charge on any atom is 0.337 e. The van der Waals surface area contributed by atoms with Gasteiger partial charge in [-0.3, -0.25) is 15.0 Å². The molecule has 0 bridgehead atoms. The van der Waals surface area contributed by atoms with Crippen LogP contribution in [0.5, 0.6) is 0 Å². The molecule has 2 heterocycles. The van der Waals surface area contributed by atoms with Gasteiger partial charge < -0.3 is 9.15 Å². The number of nitrogens with zero attached hydrogens (tertiary/aromatic N) is 1. The molecule has 3 aromatic rings. The van der Waals surface area contributed by atoms with Gasteiger partial charge in [0.1, 0.15) is 17.1 Å². The molecule has 0 aliphatic carbocycles. The number of ether oxygens (including phenoxy) is 1. The van der Waals surface area contributed by atoms with E-state index in [4.69, 9.17) is 9.15 Å². The van der Waals surface area contributed by atoms with Crippen molar-refractivity contribution in [3.63, 3.8) is 0 Å². The number of esters is 1. The third kappa shape index (κ3) is 3.77. The summed E-state index contributed by atoms with van der Waals surface area (Å²) in [6.07, 6.45) is 1.39. The molecule has 1 aliphatic rings. The van der Waals surface area contributed by atoms with Crippen LogP contribution in [0, 0.1) is 0 Å². The van der Waals surface area contributed by atoms with Crippen LogP contribution in [0.4, 0.5) is 5.69 Å². The molecule has 30 heavy (non-hydrogen) atoms. The Morgan fingerprint density at radius 3 is 2.60 bits per heavy atom. The first kappa shape index (κ1) is 19.7. The van der Waals surface area contributed by atoms with Crippen LogP contribution in [0.25, 0.3) is 17.4 Å². The number of amides is 2. The van der Waals surface area contributed by atoms with E-state index in [2.05, 4.69) is 21.4 Å². The third-order valence-corrected chi connectivity index (χ3v) is 4.99. The van der Waals surface area contributed by atoms with Crippen molar-refractivity contribution in [3.05, 3.63) is 82.0 Å². The molecule has 8 heteroatoms. The highest BCUT2D eigenvalue weighted by Crippen LogP contribution is 2.27. The standard InChI is InChI=1S/C22H15BrN2O5/c1-29-22(28)14-4-2-3-13(11-14)19-10-9-17(30-19)12-18-20(26)24-25(21(18)27)16-7-5-15(23)6-8-16/h2-12H,1H3,(H,24,26). The highest BCUT2D eigenvalue weighted by molar-refractivity contribution is 9.10. The molecule has 4 rings (SSSR count). The van der Waals surface area contributed by atoms with Gasteiger partial charge in [-0.2, -0.15) is 0 Å². The molecule has 1 aromatic heterocycles. The smallest absolute Gasteiger partial charge is 0.337 e. The molecular weight excluding hydrogens is 452 g/mol. The molecule has 1 N–H and O–H groups in total. The molecule has 2 amide bonds. The van der Waals surface area contributed by atoms with E-state index in [-0.39, 0.29) is 5.57 Å². The van der Waals surface area contributed by atoms with Crippen LogP contribution in [0.3, 0.4) is 0 Å². The minimum atomic E-state index is -0.520. The Labute approximate surface area is 180 Å². The fraction of sp³-hybridized carbons (Fsp3) is 0.0455. The van der Waals surface area contributed by atoms with Gasteiger partial charge in [0.25, 0.3) is 11.8 Å². The number of carbonyl (C=O) groups is 3. The molecule has 1 aliphatic heterocycles.